The first-order chi connectivity index (χ1) is 19.4. The predicted octanol–water partition coefficient (Wildman–Crippen LogP) is 7.70. The smallest absolute Gasteiger partial charge is 0.124 e. The average Bonchev–Trinajstić information content (AvgIpc) is 3.77. The molecular weight excluding hydrogens is 634 g/mol. The molecule has 44 heavy (non-hydrogen) atoms. The number of benzene rings is 2. The van der Waals surface area contributed by atoms with Crippen LogP contribution < -0.4 is 10.6 Å². The number of nitrogens with one attached hydrogen (secondary N) is 4. The van der Waals surface area contributed by atoms with E-state index in [1.807, 2.05) is 6.20 Å². The second-order valence-electron chi connectivity index (χ2n) is 11.8. The number of aromatic amines is 2. The van der Waals surface area contributed by atoms with Crippen LogP contribution in [0.15, 0.2) is 54.9 Å². The van der Waals surface area contributed by atoms with Crippen LogP contribution in [0, 0.1) is 23.7 Å². The summed E-state index contributed by atoms with van der Waals surface area (Å²) >= 11 is 0. The summed E-state index contributed by atoms with van der Waals surface area (Å²) in [5.74, 6) is 14.5. The van der Waals surface area contributed by atoms with Gasteiger partial charge in [0.1, 0.15) is 17.3 Å². The van der Waals surface area contributed by atoms with Gasteiger partial charge in [-0.15, -0.1) is 49.6 Å². The van der Waals surface area contributed by atoms with Crippen LogP contribution in [0.3, 0.4) is 0 Å². The molecule has 234 valence electrons. The van der Waals surface area contributed by atoms with Gasteiger partial charge in [-0.05, 0) is 90.8 Å². The number of halogens is 4. The normalized spacial score (nSPS) is 17.0. The quantitative estimate of drug-likeness (QED) is 0.167. The number of aromatic nitrogens is 4. The molecular formula is C34H40Cl4N6. The molecule has 0 aliphatic carbocycles. The van der Waals surface area contributed by atoms with E-state index < -0.39 is 0 Å². The summed E-state index contributed by atoms with van der Waals surface area (Å²) < 4.78 is 0. The summed E-state index contributed by atoms with van der Waals surface area (Å²) in [6, 6.07) is 15.8. The molecule has 2 aliphatic heterocycles. The van der Waals surface area contributed by atoms with Crippen molar-refractivity contribution in [2.24, 2.45) is 0 Å². The molecule has 4 heterocycles. The molecule has 2 aromatic carbocycles. The third kappa shape index (κ3) is 8.61. The maximum Gasteiger partial charge on any atom is 0.124 e. The van der Waals surface area contributed by atoms with Gasteiger partial charge in [0, 0.05) is 11.1 Å². The monoisotopic (exact) mass is 672 g/mol. The lowest BCUT2D eigenvalue weighted by molar-refractivity contribution is 0.590. The van der Waals surface area contributed by atoms with Gasteiger partial charge < -0.3 is 20.6 Å². The van der Waals surface area contributed by atoms with E-state index in [0.29, 0.717) is 12.1 Å². The van der Waals surface area contributed by atoms with Crippen LogP contribution in [0.4, 0.5) is 0 Å². The molecule has 2 saturated heterocycles. The minimum atomic E-state index is 0. The van der Waals surface area contributed by atoms with Crippen LogP contribution in [-0.2, 0) is 5.41 Å². The average molecular weight is 675 g/mol. The zero-order valence-electron chi connectivity index (χ0n) is 25.1. The fraction of sp³-hybridized carbons (Fsp3) is 0.353. The summed E-state index contributed by atoms with van der Waals surface area (Å²) in [4.78, 5) is 16.1. The minimum Gasteiger partial charge on any atom is -0.341 e. The van der Waals surface area contributed by atoms with E-state index in [1.54, 1.807) is 6.20 Å². The third-order valence-electron chi connectivity index (χ3n) is 7.80. The van der Waals surface area contributed by atoms with Crippen molar-refractivity contribution < 1.29 is 0 Å². The zero-order valence-corrected chi connectivity index (χ0v) is 28.4. The molecule has 2 aromatic heterocycles. The van der Waals surface area contributed by atoms with Crippen LogP contribution in [0.25, 0.3) is 22.4 Å². The van der Waals surface area contributed by atoms with E-state index in [9.17, 15) is 0 Å². The summed E-state index contributed by atoms with van der Waals surface area (Å²) in [5.41, 5.74) is 7.42. The molecule has 4 N–H and O–H groups in total. The number of hydrogen-bond donors (Lipinski definition) is 4. The largest absolute Gasteiger partial charge is 0.341 e. The molecule has 0 radical (unpaired) electrons. The van der Waals surface area contributed by atoms with Gasteiger partial charge in [0.25, 0.3) is 0 Å². The van der Waals surface area contributed by atoms with E-state index in [2.05, 4.69) is 117 Å². The van der Waals surface area contributed by atoms with Gasteiger partial charge in [-0.1, -0.05) is 57.0 Å². The minimum absolute atomic E-state index is 0. The van der Waals surface area contributed by atoms with E-state index in [0.717, 1.165) is 71.2 Å². The van der Waals surface area contributed by atoms with Crippen LogP contribution in [0.2, 0.25) is 0 Å². The van der Waals surface area contributed by atoms with Crippen molar-refractivity contribution in [3.8, 4) is 46.1 Å². The number of nitrogens with zero attached hydrogens (tertiary/aromatic N) is 2. The number of imidazole rings is 2. The van der Waals surface area contributed by atoms with E-state index in [4.69, 9.17) is 0 Å². The first kappa shape index (κ1) is 37.2. The zero-order chi connectivity index (χ0) is 27.5. The Morgan fingerprint density at radius 3 is 2.05 bits per heavy atom. The molecule has 4 aromatic rings. The fourth-order valence-electron chi connectivity index (χ4n) is 5.48. The van der Waals surface area contributed by atoms with Gasteiger partial charge in [0.2, 0.25) is 0 Å². The number of hydrogen-bond acceptors (Lipinski definition) is 4. The lowest BCUT2D eigenvalue weighted by atomic mass is 9.85. The lowest BCUT2D eigenvalue weighted by Gasteiger charge is -2.20. The highest BCUT2D eigenvalue weighted by Gasteiger charge is 2.20. The molecule has 0 spiro atoms. The van der Waals surface area contributed by atoms with Crippen LogP contribution >= 0.6 is 49.6 Å². The van der Waals surface area contributed by atoms with Gasteiger partial charge in [-0.25, -0.2) is 9.97 Å². The van der Waals surface area contributed by atoms with Gasteiger partial charge in [-0.2, -0.15) is 0 Å². The fourth-order valence-corrected chi connectivity index (χ4v) is 5.48. The highest BCUT2D eigenvalue weighted by Crippen LogP contribution is 2.33. The Bertz CT molecular complexity index is 1640. The molecule has 2 aliphatic rings. The highest BCUT2D eigenvalue weighted by atomic mass is 35.5. The van der Waals surface area contributed by atoms with E-state index in [1.165, 1.54) is 18.4 Å². The summed E-state index contributed by atoms with van der Waals surface area (Å²) in [6.45, 7) is 8.81. The van der Waals surface area contributed by atoms with E-state index >= 15 is 0 Å². The number of rotatable bonds is 4. The van der Waals surface area contributed by atoms with Crippen molar-refractivity contribution in [3.63, 3.8) is 0 Å². The molecule has 10 heteroatoms. The predicted molar refractivity (Wildman–Crippen MR) is 189 cm³/mol. The summed E-state index contributed by atoms with van der Waals surface area (Å²) in [5, 5.41) is 6.99. The Balaban J connectivity index is 0.00000169. The van der Waals surface area contributed by atoms with Gasteiger partial charge in [-0.3, -0.25) is 0 Å². The van der Waals surface area contributed by atoms with Crippen molar-refractivity contribution in [2.75, 3.05) is 13.1 Å². The Labute approximate surface area is 285 Å². The highest BCUT2D eigenvalue weighted by molar-refractivity contribution is 5.86. The first-order valence-electron chi connectivity index (χ1n) is 14.3. The maximum absolute atomic E-state index is 4.69. The molecule has 2 atom stereocenters. The van der Waals surface area contributed by atoms with Crippen molar-refractivity contribution in [1.29, 1.82) is 0 Å². The molecule has 6 rings (SSSR count). The maximum atomic E-state index is 4.69. The first-order valence-corrected chi connectivity index (χ1v) is 14.3. The second kappa shape index (κ2) is 16.4. The summed E-state index contributed by atoms with van der Waals surface area (Å²) in [7, 11) is 0. The third-order valence-corrected chi connectivity index (χ3v) is 7.80. The second-order valence-corrected chi connectivity index (χ2v) is 11.8. The topological polar surface area (TPSA) is 81.4 Å². The van der Waals surface area contributed by atoms with Crippen LogP contribution in [0.5, 0.6) is 0 Å². The Kier molecular flexibility index (Phi) is 13.9. The molecule has 0 saturated carbocycles. The molecule has 2 fully saturated rings. The van der Waals surface area contributed by atoms with Gasteiger partial charge >= 0.3 is 0 Å². The molecule has 0 unspecified atom stereocenters. The van der Waals surface area contributed by atoms with Gasteiger partial charge in [0.05, 0.1) is 30.2 Å². The van der Waals surface area contributed by atoms with E-state index in [-0.39, 0.29) is 55.0 Å². The molecule has 0 amide bonds. The lowest BCUT2D eigenvalue weighted by Crippen LogP contribution is -2.14. The van der Waals surface area contributed by atoms with Crippen molar-refractivity contribution in [3.05, 3.63) is 83.3 Å². The Morgan fingerprint density at radius 2 is 1.39 bits per heavy atom. The number of H-pyrrole nitrogens is 2. The molecule has 0 bridgehead atoms. The van der Waals surface area contributed by atoms with Gasteiger partial charge in [0.15, 0.2) is 0 Å². The van der Waals surface area contributed by atoms with Crippen LogP contribution in [0.1, 0.15) is 87.0 Å². The van der Waals surface area contributed by atoms with Crippen molar-refractivity contribution in [1.82, 2.24) is 30.6 Å². The van der Waals surface area contributed by atoms with Crippen molar-refractivity contribution in [2.45, 2.75) is 64.0 Å². The molecule has 6 nitrogen and oxygen atoms in total. The van der Waals surface area contributed by atoms with Crippen molar-refractivity contribution >= 4 is 49.6 Å². The Hall–Kier alpha value is -2.94. The SMILES string of the molecule is CC(C)(C)c1cccc(-c2cc(-c3cnc([C@@H]4CCCN4)[nH]3)ccc2C#CC#Cc2cnc([C@@H]3CCCN3)[nH]2)c1.Cl.Cl.Cl.Cl. The summed E-state index contributed by atoms with van der Waals surface area (Å²) in [6.07, 6.45) is 8.32. The Morgan fingerprint density at radius 1 is 0.727 bits per heavy atom. The standard InChI is InChI=1S/C34H36N6.4ClH/c1-34(2,3)26-11-6-10-24(19-26)28-20-25(31-22-38-33(40-31)30-14-8-18-36-30)16-15-23(28)9-4-5-12-27-21-37-32(39-27)29-13-7-17-35-29;;;;/h6,10-11,15-16,19-22,29-30,35-36H,7-8,13-14,17-18H2,1-3H3,(H,37,39)(H,38,40);4*1H/t29-,30-;;;;/m0..../s1. The van der Waals surface area contributed by atoms with Crippen LogP contribution in [-0.4, -0.2) is 33.0 Å².